The lowest BCUT2D eigenvalue weighted by Crippen LogP contribution is -2.38. The van der Waals surface area contributed by atoms with E-state index >= 15 is 0 Å². The summed E-state index contributed by atoms with van der Waals surface area (Å²) in [5, 5.41) is 9.37. The summed E-state index contributed by atoms with van der Waals surface area (Å²) in [5.74, 6) is -0.607. The van der Waals surface area contributed by atoms with E-state index in [1.807, 2.05) is 20.8 Å². The maximum Gasteiger partial charge on any atom is 0.184 e. The minimum atomic E-state index is -0.850. The second kappa shape index (κ2) is 2.20. The number of rotatable bonds is 0. The third-order valence-electron chi connectivity index (χ3n) is 2.29. The summed E-state index contributed by atoms with van der Waals surface area (Å²) in [6, 6.07) is 0. The zero-order valence-corrected chi connectivity index (χ0v) is 7.53. The van der Waals surface area contributed by atoms with Crippen molar-refractivity contribution in [3.8, 4) is 0 Å². The summed E-state index contributed by atoms with van der Waals surface area (Å²) in [7, 11) is 0. The van der Waals surface area contributed by atoms with Crippen molar-refractivity contribution in [3.05, 3.63) is 0 Å². The van der Waals surface area contributed by atoms with Gasteiger partial charge in [-0.3, -0.25) is 0 Å². The Morgan fingerprint density at radius 3 is 2.58 bits per heavy atom. The highest BCUT2D eigenvalue weighted by molar-refractivity contribution is 4.98. The number of hydrogen-bond acceptors (Lipinski definition) is 4. The van der Waals surface area contributed by atoms with Crippen molar-refractivity contribution < 1.29 is 19.3 Å². The zero-order chi connectivity index (χ0) is 8.98. The van der Waals surface area contributed by atoms with Crippen molar-refractivity contribution in [2.24, 2.45) is 0 Å². The molecule has 2 aliphatic rings. The van der Waals surface area contributed by atoms with E-state index in [9.17, 15) is 5.11 Å². The van der Waals surface area contributed by atoms with Crippen LogP contribution in [-0.4, -0.2) is 35.5 Å². The molecule has 2 saturated heterocycles. The van der Waals surface area contributed by atoms with Crippen LogP contribution in [-0.2, 0) is 14.2 Å². The average molecular weight is 174 g/mol. The largest absolute Gasteiger partial charge is 0.366 e. The van der Waals surface area contributed by atoms with Crippen molar-refractivity contribution in [1.82, 2.24) is 0 Å². The fraction of sp³-hybridized carbons (Fsp3) is 1.00. The van der Waals surface area contributed by atoms with Gasteiger partial charge >= 0.3 is 0 Å². The van der Waals surface area contributed by atoms with Gasteiger partial charge in [-0.2, -0.15) is 0 Å². The highest BCUT2D eigenvalue weighted by Gasteiger charge is 2.58. The van der Waals surface area contributed by atoms with Gasteiger partial charge in [0.1, 0.15) is 11.7 Å². The standard InChI is InChI=1S/C8H14O4/c1-7(2)11-5-6(9)10-4-8(5,3)12-7/h5-6,9H,4H2,1-3H3. The Balaban J connectivity index is 2.22. The monoisotopic (exact) mass is 174 g/mol. The molecule has 0 aromatic carbocycles. The maximum absolute atomic E-state index is 9.37. The molecule has 3 unspecified atom stereocenters. The van der Waals surface area contributed by atoms with E-state index < -0.39 is 17.7 Å². The van der Waals surface area contributed by atoms with Gasteiger partial charge in [0.25, 0.3) is 0 Å². The molecule has 3 atom stereocenters. The Morgan fingerprint density at radius 1 is 1.33 bits per heavy atom. The Hall–Kier alpha value is -0.160. The van der Waals surface area contributed by atoms with Crippen LogP contribution in [0.25, 0.3) is 0 Å². The molecule has 0 spiro atoms. The molecule has 2 fully saturated rings. The molecular formula is C8H14O4. The lowest BCUT2D eigenvalue weighted by molar-refractivity contribution is -0.212. The minimum Gasteiger partial charge on any atom is -0.366 e. The first kappa shape index (κ1) is 8.44. The van der Waals surface area contributed by atoms with Crippen molar-refractivity contribution in [2.45, 2.75) is 44.6 Å². The predicted molar refractivity (Wildman–Crippen MR) is 40.4 cm³/mol. The first-order valence-electron chi connectivity index (χ1n) is 4.11. The lowest BCUT2D eigenvalue weighted by Gasteiger charge is -2.21. The van der Waals surface area contributed by atoms with Gasteiger partial charge in [-0.25, -0.2) is 0 Å². The molecule has 4 nitrogen and oxygen atoms in total. The van der Waals surface area contributed by atoms with E-state index in [1.165, 1.54) is 0 Å². The molecule has 0 aromatic rings. The molecule has 0 aliphatic carbocycles. The molecule has 0 saturated carbocycles. The number of aliphatic hydroxyl groups is 1. The fourth-order valence-corrected chi connectivity index (χ4v) is 1.88. The van der Waals surface area contributed by atoms with Crippen molar-refractivity contribution in [1.29, 1.82) is 0 Å². The molecule has 2 aliphatic heterocycles. The van der Waals surface area contributed by atoms with E-state index in [-0.39, 0.29) is 6.10 Å². The van der Waals surface area contributed by atoms with Gasteiger partial charge in [-0.05, 0) is 20.8 Å². The van der Waals surface area contributed by atoms with Crippen LogP contribution in [0.2, 0.25) is 0 Å². The Morgan fingerprint density at radius 2 is 2.00 bits per heavy atom. The molecule has 4 heteroatoms. The van der Waals surface area contributed by atoms with Crippen LogP contribution in [0.4, 0.5) is 0 Å². The van der Waals surface area contributed by atoms with E-state index in [0.29, 0.717) is 6.61 Å². The van der Waals surface area contributed by atoms with Crippen LogP contribution in [0.1, 0.15) is 20.8 Å². The van der Waals surface area contributed by atoms with Crippen molar-refractivity contribution in [3.63, 3.8) is 0 Å². The Bertz CT molecular complexity index is 203. The summed E-state index contributed by atoms with van der Waals surface area (Å²) >= 11 is 0. The van der Waals surface area contributed by atoms with Gasteiger partial charge in [0.2, 0.25) is 0 Å². The summed E-state index contributed by atoms with van der Waals surface area (Å²) < 4.78 is 16.1. The van der Waals surface area contributed by atoms with Crippen LogP contribution < -0.4 is 0 Å². The molecule has 0 aromatic heterocycles. The SMILES string of the molecule is CC1(C)OC2C(O)OCC2(C)O1. The molecule has 70 valence electrons. The molecule has 0 amide bonds. The van der Waals surface area contributed by atoms with Crippen molar-refractivity contribution in [2.75, 3.05) is 6.61 Å². The van der Waals surface area contributed by atoms with Gasteiger partial charge in [0, 0.05) is 0 Å². The number of ether oxygens (including phenoxy) is 3. The Kier molecular flexibility index (Phi) is 1.55. The molecule has 2 heterocycles. The van der Waals surface area contributed by atoms with Crippen LogP contribution in [0.5, 0.6) is 0 Å². The van der Waals surface area contributed by atoms with Gasteiger partial charge in [-0.1, -0.05) is 0 Å². The van der Waals surface area contributed by atoms with Crippen LogP contribution in [0, 0.1) is 0 Å². The van der Waals surface area contributed by atoms with E-state index in [0.717, 1.165) is 0 Å². The van der Waals surface area contributed by atoms with Gasteiger partial charge in [-0.15, -0.1) is 0 Å². The second-order valence-electron chi connectivity index (χ2n) is 4.05. The van der Waals surface area contributed by atoms with E-state index in [4.69, 9.17) is 14.2 Å². The quantitative estimate of drug-likeness (QED) is 0.571. The minimum absolute atomic E-state index is 0.354. The fourth-order valence-electron chi connectivity index (χ4n) is 1.88. The molecule has 12 heavy (non-hydrogen) atoms. The number of hydrogen-bond donors (Lipinski definition) is 1. The third kappa shape index (κ3) is 1.07. The topological polar surface area (TPSA) is 47.9 Å². The van der Waals surface area contributed by atoms with Gasteiger partial charge in [0.05, 0.1) is 6.61 Å². The lowest BCUT2D eigenvalue weighted by atomic mass is 10.0. The first-order valence-corrected chi connectivity index (χ1v) is 4.11. The molecule has 1 N–H and O–H groups in total. The van der Waals surface area contributed by atoms with Gasteiger partial charge in [0.15, 0.2) is 12.1 Å². The summed E-state index contributed by atoms with van der Waals surface area (Å²) in [5.41, 5.74) is -0.483. The highest BCUT2D eigenvalue weighted by atomic mass is 16.8. The van der Waals surface area contributed by atoms with Crippen LogP contribution in [0.3, 0.4) is 0 Å². The molecule has 0 bridgehead atoms. The number of fused-ring (bicyclic) bond motifs is 1. The third-order valence-corrected chi connectivity index (χ3v) is 2.29. The molecule has 2 rings (SSSR count). The highest BCUT2D eigenvalue weighted by Crippen LogP contribution is 2.41. The normalized spacial score (nSPS) is 51.0. The van der Waals surface area contributed by atoms with Crippen LogP contribution in [0.15, 0.2) is 0 Å². The average Bonchev–Trinajstić information content (AvgIpc) is 2.28. The van der Waals surface area contributed by atoms with E-state index in [1.54, 1.807) is 0 Å². The first-order chi connectivity index (χ1) is 5.43. The summed E-state index contributed by atoms with van der Waals surface area (Å²) in [4.78, 5) is 0. The Labute approximate surface area is 71.4 Å². The zero-order valence-electron chi connectivity index (χ0n) is 7.53. The van der Waals surface area contributed by atoms with Crippen LogP contribution >= 0.6 is 0 Å². The molecule has 0 radical (unpaired) electrons. The van der Waals surface area contributed by atoms with E-state index in [2.05, 4.69) is 0 Å². The molecular weight excluding hydrogens is 160 g/mol. The second-order valence-corrected chi connectivity index (χ2v) is 4.05. The predicted octanol–water partition coefficient (Wildman–Crippen LogP) is 0.245. The smallest absolute Gasteiger partial charge is 0.184 e. The van der Waals surface area contributed by atoms with Crippen molar-refractivity contribution >= 4 is 0 Å². The summed E-state index contributed by atoms with van der Waals surface area (Å²) in [6.45, 7) is 5.96. The maximum atomic E-state index is 9.37. The summed E-state index contributed by atoms with van der Waals surface area (Å²) in [6.07, 6.45) is -1.20. The number of aliphatic hydroxyl groups excluding tert-OH is 1. The van der Waals surface area contributed by atoms with Gasteiger partial charge < -0.3 is 19.3 Å².